The van der Waals surface area contributed by atoms with Crippen molar-refractivity contribution in [1.29, 1.82) is 0 Å². The molecule has 0 aliphatic rings. The van der Waals surface area contributed by atoms with Gasteiger partial charge >= 0.3 is 0 Å². The molecule has 0 fully saturated rings. The summed E-state index contributed by atoms with van der Waals surface area (Å²) in [7, 11) is 0. The summed E-state index contributed by atoms with van der Waals surface area (Å²) in [5.41, 5.74) is 1.95. The van der Waals surface area contributed by atoms with Crippen LogP contribution in [0.1, 0.15) is 11.1 Å². The molecule has 2 aromatic rings. The van der Waals surface area contributed by atoms with Gasteiger partial charge in [-0.25, -0.2) is 0 Å². The topological polar surface area (TPSA) is 32.3 Å². The van der Waals surface area contributed by atoms with E-state index in [2.05, 4.69) is 17.4 Å². The van der Waals surface area contributed by atoms with Gasteiger partial charge in [-0.05, 0) is 17.7 Å². The molecule has 2 rings (SSSR count). The molecule has 2 N–H and O–H groups in total. The summed E-state index contributed by atoms with van der Waals surface area (Å²) in [5, 5.41) is 13.5. The monoisotopic (exact) mass is 247 g/mol. The summed E-state index contributed by atoms with van der Waals surface area (Å²) >= 11 is 6.01. The van der Waals surface area contributed by atoms with Crippen LogP contribution in [0.2, 0.25) is 5.02 Å². The number of benzene rings is 2. The Labute approximate surface area is 106 Å². The molecule has 2 aromatic carbocycles. The van der Waals surface area contributed by atoms with Crippen molar-refractivity contribution < 1.29 is 5.11 Å². The van der Waals surface area contributed by atoms with E-state index in [1.807, 2.05) is 18.2 Å². The maximum Gasteiger partial charge on any atom is 0.121 e. The van der Waals surface area contributed by atoms with Crippen LogP contribution in [0.5, 0.6) is 5.75 Å². The van der Waals surface area contributed by atoms with E-state index in [4.69, 9.17) is 11.6 Å². The van der Waals surface area contributed by atoms with Gasteiger partial charge in [0.15, 0.2) is 0 Å². The summed E-state index contributed by atoms with van der Waals surface area (Å²) in [5.74, 6) is 0.234. The van der Waals surface area contributed by atoms with Gasteiger partial charge < -0.3 is 10.4 Å². The lowest BCUT2D eigenvalue weighted by Crippen LogP contribution is -2.12. The molecule has 0 aliphatic carbocycles. The maximum atomic E-state index is 9.66. The van der Waals surface area contributed by atoms with Gasteiger partial charge in [-0.1, -0.05) is 48.0 Å². The molecule has 2 nitrogen and oxygen atoms in total. The van der Waals surface area contributed by atoms with Gasteiger partial charge in [-0.3, -0.25) is 0 Å². The zero-order valence-electron chi connectivity index (χ0n) is 9.36. The van der Waals surface area contributed by atoms with Crippen molar-refractivity contribution in [2.24, 2.45) is 0 Å². The summed E-state index contributed by atoms with van der Waals surface area (Å²) in [6, 6.07) is 15.3. The van der Waals surface area contributed by atoms with Crippen LogP contribution in [-0.2, 0) is 13.1 Å². The first-order valence-corrected chi connectivity index (χ1v) is 5.86. The first-order chi connectivity index (χ1) is 8.27. The van der Waals surface area contributed by atoms with Gasteiger partial charge in [0.05, 0.1) is 0 Å². The second-order valence-electron chi connectivity index (χ2n) is 3.83. The van der Waals surface area contributed by atoms with Crippen molar-refractivity contribution in [2.45, 2.75) is 13.1 Å². The molecule has 3 heteroatoms. The van der Waals surface area contributed by atoms with Crippen molar-refractivity contribution in [1.82, 2.24) is 5.32 Å². The largest absolute Gasteiger partial charge is 0.508 e. The third-order valence-corrected chi connectivity index (χ3v) is 2.92. The number of hydrogen-bond acceptors (Lipinski definition) is 2. The van der Waals surface area contributed by atoms with Crippen molar-refractivity contribution in [3.05, 3.63) is 64.7 Å². The highest BCUT2D eigenvalue weighted by Crippen LogP contribution is 2.24. The molecule has 0 radical (unpaired) electrons. The molecule has 0 heterocycles. The van der Waals surface area contributed by atoms with Crippen molar-refractivity contribution in [3.63, 3.8) is 0 Å². The minimum Gasteiger partial charge on any atom is -0.508 e. The molecule has 0 saturated heterocycles. The number of phenols is 1. The first kappa shape index (κ1) is 12.0. The van der Waals surface area contributed by atoms with Gasteiger partial charge in [0.25, 0.3) is 0 Å². The van der Waals surface area contributed by atoms with Gasteiger partial charge in [0, 0.05) is 23.7 Å². The predicted octanol–water partition coefficient (Wildman–Crippen LogP) is 3.34. The molecule has 0 unspecified atom stereocenters. The highest BCUT2D eigenvalue weighted by atomic mass is 35.5. The molecule has 0 spiro atoms. The van der Waals surface area contributed by atoms with Crippen LogP contribution in [0.3, 0.4) is 0 Å². The lowest BCUT2D eigenvalue weighted by molar-refractivity contribution is 0.464. The van der Waals surface area contributed by atoms with E-state index in [0.717, 1.165) is 12.1 Å². The van der Waals surface area contributed by atoms with Crippen LogP contribution >= 0.6 is 11.6 Å². The highest BCUT2D eigenvalue weighted by molar-refractivity contribution is 6.31. The van der Waals surface area contributed by atoms with E-state index in [1.165, 1.54) is 5.56 Å². The Kier molecular flexibility index (Phi) is 4.02. The summed E-state index contributed by atoms with van der Waals surface area (Å²) in [6.45, 7) is 1.31. The van der Waals surface area contributed by atoms with Gasteiger partial charge in [0.2, 0.25) is 0 Å². The van der Waals surface area contributed by atoms with Crippen LogP contribution in [-0.4, -0.2) is 5.11 Å². The fourth-order valence-corrected chi connectivity index (χ4v) is 1.89. The molecule has 0 amide bonds. The Morgan fingerprint density at radius 2 is 1.71 bits per heavy atom. The Bertz CT molecular complexity index is 465. The SMILES string of the molecule is Oc1cccc(Cl)c1CNCc1ccccc1. The summed E-state index contributed by atoms with van der Waals surface area (Å²) < 4.78 is 0. The average Bonchev–Trinajstić information content (AvgIpc) is 2.34. The van der Waals surface area contributed by atoms with E-state index in [9.17, 15) is 5.11 Å². The second-order valence-corrected chi connectivity index (χ2v) is 4.23. The summed E-state index contributed by atoms with van der Waals surface area (Å²) in [6.07, 6.45) is 0. The second kappa shape index (κ2) is 5.71. The Morgan fingerprint density at radius 1 is 0.941 bits per heavy atom. The fraction of sp³-hybridized carbons (Fsp3) is 0.143. The first-order valence-electron chi connectivity index (χ1n) is 5.48. The molecule has 88 valence electrons. The van der Waals surface area contributed by atoms with Crippen LogP contribution < -0.4 is 5.32 Å². The van der Waals surface area contributed by atoms with Gasteiger partial charge in [-0.2, -0.15) is 0 Å². The third-order valence-electron chi connectivity index (χ3n) is 2.57. The Hall–Kier alpha value is -1.51. The van der Waals surface area contributed by atoms with Crippen molar-refractivity contribution >= 4 is 11.6 Å². The molecule has 0 bridgehead atoms. The normalized spacial score (nSPS) is 10.4. The molecule has 0 atom stereocenters. The van der Waals surface area contributed by atoms with Crippen molar-refractivity contribution in [2.75, 3.05) is 0 Å². The van der Waals surface area contributed by atoms with Crippen LogP contribution in [0.15, 0.2) is 48.5 Å². The maximum absolute atomic E-state index is 9.66. The number of phenolic OH excluding ortho intramolecular Hbond substituents is 1. The van der Waals surface area contributed by atoms with E-state index in [-0.39, 0.29) is 5.75 Å². The number of halogens is 1. The van der Waals surface area contributed by atoms with E-state index in [0.29, 0.717) is 11.6 Å². The third kappa shape index (κ3) is 3.22. The molecular formula is C14H14ClNO. The highest BCUT2D eigenvalue weighted by Gasteiger charge is 2.04. The molecule has 0 saturated carbocycles. The predicted molar refractivity (Wildman–Crippen MR) is 70.1 cm³/mol. The van der Waals surface area contributed by atoms with Crippen LogP contribution in [0.25, 0.3) is 0 Å². The molecule has 0 aromatic heterocycles. The fourth-order valence-electron chi connectivity index (χ4n) is 1.65. The minimum atomic E-state index is 0.234. The minimum absolute atomic E-state index is 0.234. The lowest BCUT2D eigenvalue weighted by atomic mass is 10.2. The number of rotatable bonds is 4. The quantitative estimate of drug-likeness (QED) is 0.869. The number of nitrogens with one attached hydrogen (secondary N) is 1. The van der Waals surface area contributed by atoms with Crippen LogP contribution in [0, 0.1) is 0 Å². The van der Waals surface area contributed by atoms with E-state index >= 15 is 0 Å². The van der Waals surface area contributed by atoms with Gasteiger partial charge in [-0.15, -0.1) is 0 Å². The average molecular weight is 248 g/mol. The standard InChI is InChI=1S/C14H14ClNO/c15-13-7-4-8-14(17)12(13)10-16-9-11-5-2-1-3-6-11/h1-8,16-17H,9-10H2. The zero-order valence-corrected chi connectivity index (χ0v) is 10.1. The zero-order chi connectivity index (χ0) is 12.1. The molecular weight excluding hydrogens is 234 g/mol. The lowest BCUT2D eigenvalue weighted by Gasteiger charge is -2.08. The molecule has 0 aliphatic heterocycles. The van der Waals surface area contributed by atoms with E-state index < -0.39 is 0 Å². The smallest absolute Gasteiger partial charge is 0.121 e. The van der Waals surface area contributed by atoms with Gasteiger partial charge in [0.1, 0.15) is 5.75 Å². The Balaban J connectivity index is 1.95. The number of hydrogen-bond donors (Lipinski definition) is 2. The molecule has 17 heavy (non-hydrogen) atoms. The summed E-state index contributed by atoms with van der Waals surface area (Å²) in [4.78, 5) is 0. The van der Waals surface area contributed by atoms with Crippen molar-refractivity contribution in [3.8, 4) is 5.75 Å². The number of aromatic hydroxyl groups is 1. The van der Waals surface area contributed by atoms with Crippen LogP contribution in [0.4, 0.5) is 0 Å². The Morgan fingerprint density at radius 3 is 2.41 bits per heavy atom. The van der Waals surface area contributed by atoms with E-state index in [1.54, 1.807) is 18.2 Å².